The molecule has 0 aliphatic rings. The Labute approximate surface area is 112 Å². The lowest BCUT2D eigenvalue weighted by Gasteiger charge is -2.17. The van der Waals surface area contributed by atoms with Gasteiger partial charge in [-0.25, -0.2) is 4.79 Å². The van der Waals surface area contributed by atoms with Gasteiger partial charge in [-0.2, -0.15) is 11.8 Å². The van der Waals surface area contributed by atoms with Crippen LogP contribution >= 0.6 is 11.8 Å². The van der Waals surface area contributed by atoms with Gasteiger partial charge in [0.05, 0.1) is 0 Å². The number of urea groups is 1. The van der Waals surface area contributed by atoms with Crippen molar-refractivity contribution in [1.29, 1.82) is 0 Å². The van der Waals surface area contributed by atoms with E-state index in [2.05, 4.69) is 10.6 Å². The van der Waals surface area contributed by atoms with Crippen LogP contribution in [0.1, 0.15) is 12.0 Å². The fraction of sp³-hybridized carbons (Fsp3) is 0.462. The summed E-state index contributed by atoms with van der Waals surface area (Å²) >= 11 is 1.65. The van der Waals surface area contributed by atoms with Crippen LogP contribution in [-0.4, -0.2) is 35.8 Å². The lowest BCUT2D eigenvalue weighted by molar-refractivity contribution is 0.241. The number of aliphatic hydroxyl groups excluding tert-OH is 1. The zero-order chi connectivity index (χ0) is 13.4. The molecule has 1 rings (SSSR count). The summed E-state index contributed by atoms with van der Waals surface area (Å²) in [5, 5.41) is 14.6. The van der Waals surface area contributed by atoms with E-state index >= 15 is 0 Å². The molecule has 0 saturated heterocycles. The van der Waals surface area contributed by atoms with Crippen molar-refractivity contribution in [2.24, 2.45) is 0 Å². The maximum absolute atomic E-state index is 11.8. The average Bonchev–Trinajstić information content (AvgIpc) is 2.33. The van der Waals surface area contributed by atoms with Crippen LogP contribution in [0.4, 0.5) is 10.5 Å². The number of hydrogen-bond donors (Lipinski definition) is 3. The van der Waals surface area contributed by atoms with Crippen LogP contribution in [0.3, 0.4) is 0 Å². The molecule has 3 N–H and O–H groups in total. The number of benzene rings is 1. The van der Waals surface area contributed by atoms with Gasteiger partial charge in [-0.05, 0) is 31.2 Å². The number of aliphatic hydroxyl groups is 1. The number of rotatable bonds is 6. The summed E-state index contributed by atoms with van der Waals surface area (Å²) in [6.07, 6.45) is 2.55. The van der Waals surface area contributed by atoms with Crippen molar-refractivity contribution in [3.05, 3.63) is 29.8 Å². The number of para-hydroxylation sites is 1. The maximum Gasteiger partial charge on any atom is 0.319 e. The summed E-state index contributed by atoms with van der Waals surface area (Å²) in [6, 6.07) is 7.40. The summed E-state index contributed by atoms with van der Waals surface area (Å²) in [6.45, 7) is 2.03. The topological polar surface area (TPSA) is 61.4 Å². The summed E-state index contributed by atoms with van der Waals surface area (Å²) < 4.78 is 0. The normalized spacial score (nSPS) is 11.9. The first-order chi connectivity index (χ1) is 8.67. The second-order valence-corrected chi connectivity index (χ2v) is 4.99. The molecule has 0 spiro atoms. The van der Waals surface area contributed by atoms with Crippen molar-refractivity contribution in [1.82, 2.24) is 5.32 Å². The minimum atomic E-state index is -0.225. The van der Waals surface area contributed by atoms with E-state index in [-0.39, 0.29) is 18.7 Å². The molecular formula is C13H20N2O2S. The highest BCUT2D eigenvalue weighted by Gasteiger charge is 2.11. The third kappa shape index (κ3) is 4.98. The molecule has 0 bridgehead atoms. The Morgan fingerprint density at radius 1 is 1.44 bits per heavy atom. The third-order valence-electron chi connectivity index (χ3n) is 2.57. The fourth-order valence-corrected chi connectivity index (χ4v) is 2.26. The van der Waals surface area contributed by atoms with Crippen molar-refractivity contribution in [2.45, 2.75) is 19.4 Å². The van der Waals surface area contributed by atoms with E-state index < -0.39 is 0 Å². The van der Waals surface area contributed by atoms with Crippen LogP contribution in [-0.2, 0) is 0 Å². The van der Waals surface area contributed by atoms with Gasteiger partial charge in [0.1, 0.15) is 0 Å². The molecule has 4 nitrogen and oxygen atoms in total. The van der Waals surface area contributed by atoms with E-state index in [1.54, 1.807) is 11.8 Å². The van der Waals surface area contributed by atoms with Gasteiger partial charge in [0, 0.05) is 24.1 Å². The van der Waals surface area contributed by atoms with E-state index in [0.717, 1.165) is 17.0 Å². The van der Waals surface area contributed by atoms with E-state index in [0.29, 0.717) is 6.42 Å². The minimum Gasteiger partial charge on any atom is -0.396 e. The van der Waals surface area contributed by atoms with Crippen LogP contribution < -0.4 is 10.6 Å². The third-order valence-corrected chi connectivity index (χ3v) is 3.31. The van der Waals surface area contributed by atoms with Crippen molar-refractivity contribution >= 4 is 23.5 Å². The molecule has 0 aromatic heterocycles. The predicted molar refractivity (Wildman–Crippen MR) is 77.2 cm³/mol. The lowest BCUT2D eigenvalue weighted by atomic mass is 10.2. The van der Waals surface area contributed by atoms with E-state index in [1.807, 2.05) is 37.4 Å². The zero-order valence-electron chi connectivity index (χ0n) is 10.8. The van der Waals surface area contributed by atoms with E-state index in [1.165, 1.54) is 0 Å². The molecule has 0 aliphatic heterocycles. The highest BCUT2D eigenvalue weighted by atomic mass is 32.2. The Hall–Kier alpha value is -1.20. The predicted octanol–water partition coefficient (Wildman–Crippen LogP) is 2.23. The van der Waals surface area contributed by atoms with Crippen LogP contribution in [0.15, 0.2) is 24.3 Å². The van der Waals surface area contributed by atoms with Crippen molar-refractivity contribution in [3.63, 3.8) is 0 Å². The molecule has 0 fully saturated rings. The highest BCUT2D eigenvalue weighted by molar-refractivity contribution is 7.98. The van der Waals surface area contributed by atoms with Crippen LogP contribution in [0.2, 0.25) is 0 Å². The Morgan fingerprint density at radius 3 is 2.78 bits per heavy atom. The molecule has 2 amide bonds. The van der Waals surface area contributed by atoms with E-state index in [4.69, 9.17) is 5.11 Å². The van der Waals surface area contributed by atoms with Crippen LogP contribution in [0.25, 0.3) is 0 Å². The van der Waals surface area contributed by atoms with Crippen molar-refractivity contribution in [2.75, 3.05) is 23.9 Å². The zero-order valence-corrected chi connectivity index (χ0v) is 11.6. The number of amides is 2. The number of hydrogen-bond acceptors (Lipinski definition) is 3. The average molecular weight is 268 g/mol. The molecule has 100 valence electrons. The second-order valence-electron chi connectivity index (χ2n) is 4.08. The second kappa shape index (κ2) is 8.00. The summed E-state index contributed by atoms with van der Waals surface area (Å²) in [5.41, 5.74) is 1.83. The molecule has 0 radical (unpaired) electrons. The lowest BCUT2D eigenvalue weighted by Crippen LogP contribution is -2.40. The Kier molecular flexibility index (Phi) is 6.60. The largest absolute Gasteiger partial charge is 0.396 e. The SMILES string of the molecule is CSCC(CCO)NC(=O)Nc1ccccc1C. The number of nitrogens with one attached hydrogen (secondary N) is 2. The van der Waals surface area contributed by atoms with Gasteiger partial charge in [-0.1, -0.05) is 18.2 Å². The Balaban J connectivity index is 2.52. The number of aryl methyl sites for hydroxylation is 1. The first-order valence-electron chi connectivity index (χ1n) is 5.90. The molecule has 1 aromatic rings. The Bertz CT molecular complexity index is 379. The van der Waals surface area contributed by atoms with Crippen LogP contribution in [0.5, 0.6) is 0 Å². The number of anilines is 1. The molecule has 0 aliphatic carbocycles. The monoisotopic (exact) mass is 268 g/mol. The number of carbonyl (C=O) groups excluding carboxylic acids is 1. The molecule has 0 saturated carbocycles. The summed E-state index contributed by atoms with van der Waals surface area (Å²) in [4.78, 5) is 11.8. The van der Waals surface area contributed by atoms with Crippen LogP contribution in [0, 0.1) is 6.92 Å². The Morgan fingerprint density at radius 2 is 2.17 bits per heavy atom. The minimum absolute atomic E-state index is 0.00554. The fourth-order valence-electron chi connectivity index (χ4n) is 1.61. The van der Waals surface area contributed by atoms with Gasteiger partial charge in [0.15, 0.2) is 0 Å². The van der Waals surface area contributed by atoms with Gasteiger partial charge in [0.2, 0.25) is 0 Å². The molecule has 1 atom stereocenters. The maximum atomic E-state index is 11.8. The molecule has 5 heteroatoms. The summed E-state index contributed by atoms with van der Waals surface area (Å²) in [7, 11) is 0. The van der Waals surface area contributed by atoms with Gasteiger partial charge in [-0.3, -0.25) is 0 Å². The quantitative estimate of drug-likeness (QED) is 0.741. The smallest absolute Gasteiger partial charge is 0.319 e. The first-order valence-corrected chi connectivity index (χ1v) is 7.29. The highest BCUT2D eigenvalue weighted by Crippen LogP contribution is 2.13. The number of thioether (sulfide) groups is 1. The molecule has 0 heterocycles. The van der Waals surface area contributed by atoms with Gasteiger partial charge in [0.25, 0.3) is 0 Å². The first kappa shape index (κ1) is 14.9. The van der Waals surface area contributed by atoms with E-state index in [9.17, 15) is 4.79 Å². The van der Waals surface area contributed by atoms with Gasteiger partial charge >= 0.3 is 6.03 Å². The standard InChI is InChI=1S/C13H20N2O2S/c1-10-5-3-4-6-12(10)15-13(17)14-11(7-8-16)9-18-2/h3-6,11,16H,7-9H2,1-2H3,(H2,14,15,17). The molecule has 1 unspecified atom stereocenters. The van der Waals surface area contributed by atoms with Gasteiger partial charge in [-0.15, -0.1) is 0 Å². The van der Waals surface area contributed by atoms with Crippen molar-refractivity contribution in [3.8, 4) is 0 Å². The summed E-state index contributed by atoms with van der Waals surface area (Å²) in [5.74, 6) is 0.793. The molecule has 18 heavy (non-hydrogen) atoms. The molecular weight excluding hydrogens is 248 g/mol. The van der Waals surface area contributed by atoms with Crippen molar-refractivity contribution < 1.29 is 9.90 Å². The number of carbonyl (C=O) groups is 1. The van der Waals surface area contributed by atoms with Gasteiger partial charge < -0.3 is 15.7 Å². The molecule has 1 aromatic carbocycles.